The fraction of sp³-hybridized carbons (Fsp3) is 1.00. The van der Waals surface area contributed by atoms with Crippen LogP contribution < -0.4 is 0 Å². The van der Waals surface area contributed by atoms with Crippen LogP contribution in [-0.4, -0.2) is 33.1 Å². The van der Waals surface area contributed by atoms with E-state index in [2.05, 4.69) is 6.92 Å². The van der Waals surface area contributed by atoms with Crippen molar-refractivity contribution in [3.8, 4) is 0 Å². The molecule has 0 aliphatic rings. The van der Waals surface area contributed by atoms with E-state index in [0.29, 0.717) is 13.2 Å². The van der Waals surface area contributed by atoms with Crippen LogP contribution in [0, 0.1) is 0 Å². The van der Waals surface area contributed by atoms with Crippen molar-refractivity contribution in [3.05, 3.63) is 0 Å². The zero-order chi connectivity index (χ0) is 10.6. The molecule has 0 aromatic heterocycles. The first-order valence-corrected chi connectivity index (χ1v) is 5.23. The van der Waals surface area contributed by atoms with Gasteiger partial charge in [-0.05, 0) is 20.3 Å². The third kappa shape index (κ3) is 8.44. The van der Waals surface area contributed by atoms with Crippen molar-refractivity contribution in [2.24, 2.45) is 0 Å². The van der Waals surface area contributed by atoms with E-state index in [1.165, 1.54) is 0 Å². The molecule has 14 heavy (non-hydrogen) atoms. The van der Waals surface area contributed by atoms with Gasteiger partial charge in [-0.25, -0.2) is 0 Å². The molecule has 0 amide bonds. The molecule has 0 aliphatic carbocycles. The third-order valence-electron chi connectivity index (χ3n) is 1.61. The summed E-state index contributed by atoms with van der Waals surface area (Å²) >= 11 is 0. The summed E-state index contributed by atoms with van der Waals surface area (Å²) in [5.41, 5.74) is 0. The van der Waals surface area contributed by atoms with E-state index in [1.807, 2.05) is 13.8 Å². The van der Waals surface area contributed by atoms with Crippen molar-refractivity contribution in [2.75, 3.05) is 26.8 Å². The van der Waals surface area contributed by atoms with Gasteiger partial charge in [-0.1, -0.05) is 13.3 Å². The molecule has 4 heteroatoms. The number of hydrogen-bond acceptors (Lipinski definition) is 4. The summed E-state index contributed by atoms with van der Waals surface area (Å²) in [7, 11) is 0. The van der Waals surface area contributed by atoms with Gasteiger partial charge in [0, 0.05) is 13.2 Å². The second-order valence-electron chi connectivity index (χ2n) is 2.77. The van der Waals surface area contributed by atoms with Gasteiger partial charge in [0.1, 0.15) is 13.6 Å². The minimum atomic E-state index is -0.210. The van der Waals surface area contributed by atoms with E-state index in [9.17, 15) is 0 Å². The van der Waals surface area contributed by atoms with Crippen LogP contribution >= 0.6 is 0 Å². The second kappa shape index (κ2) is 10.9. The lowest BCUT2D eigenvalue weighted by Crippen LogP contribution is -2.20. The van der Waals surface area contributed by atoms with Crippen molar-refractivity contribution in [1.82, 2.24) is 0 Å². The Hall–Kier alpha value is -0.160. The lowest BCUT2D eigenvalue weighted by atomic mass is 10.3. The molecule has 0 aliphatic heterocycles. The quantitative estimate of drug-likeness (QED) is 0.405. The predicted octanol–water partition coefficient (Wildman–Crippen LogP) is 2.13. The minimum Gasteiger partial charge on any atom is -0.356 e. The average Bonchev–Trinajstić information content (AvgIpc) is 2.18. The SMILES string of the molecule is CCCC(OCOCC)OCOCC. The first-order valence-electron chi connectivity index (χ1n) is 5.23. The highest BCUT2D eigenvalue weighted by Crippen LogP contribution is 2.04. The van der Waals surface area contributed by atoms with Crippen molar-refractivity contribution in [1.29, 1.82) is 0 Å². The average molecular weight is 206 g/mol. The molecule has 0 rings (SSSR count). The highest BCUT2D eigenvalue weighted by atomic mass is 16.8. The molecule has 0 aromatic carbocycles. The lowest BCUT2D eigenvalue weighted by molar-refractivity contribution is -0.228. The number of rotatable bonds is 10. The predicted molar refractivity (Wildman–Crippen MR) is 53.9 cm³/mol. The zero-order valence-corrected chi connectivity index (χ0v) is 9.45. The van der Waals surface area contributed by atoms with Crippen molar-refractivity contribution in [2.45, 2.75) is 39.9 Å². The summed E-state index contributed by atoms with van der Waals surface area (Å²) < 4.78 is 20.8. The molecule has 0 aromatic rings. The monoisotopic (exact) mass is 206 g/mol. The topological polar surface area (TPSA) is 36.9 Å². The molecule has 0 spiro atoms. The maximum absolute atomic E-state index is 5.35. The molecule has 86 valence electrons. The van der Waals surface area contributed by atoms with Crippen molar-refractivity contribution in [3.63, 3.8) is 0 Å². The molecular formula is C10H22O4. The normalized spacial score (nSPS) is 11.1. The van der Waals surface area contributed by atoms with Crippen molar-refractivity contribution < 1.29 is 18.9 Å². The van der Waals surface area contributed by atoms with Crippen LogP contribution in [0.25, 0.3) is 0 Å². The van der Waals surface area contributed by atoms with E-state index in [0.717, 1.165) is 12.8 Å². The van der Waals surface area contributed by atoms with Gasteiger partial charge >= 0.3 is 0 Å². The largest absolute Gasteiger partial charge is 0.356 e. The van der Waals surface area contributed by atoms with Crippen LogP contribution in [0.2, 0.25) is 0 Å². The van der Waals surface area contributed by atoms with Crippen LogP contribution in [-0.2, 0) is 18.9 Å². The summed E-state index contributed by atoms with van der Waals surface area (Å²) in [6.45, 7) is 7.83. The molecule has 0 heterocycles. The van der Waals surface area contributed by atoms with Crippen LogP contribution in [0.15, 0.2) is 0 Å². The fourth-order valence-corrected chi connectivity index (χ4v) is 0.865. The molecular weight excluding hydrogens is 184 g/mol. The van der Waals surface area contributed by atoms with E-state index >= 15 is 0 Å². The molecule has 0 radical (unpaired) electrons. The van der Waals surface area contributed by atoms with Crippen molar-refractivity contribution >= 4 is 0 Å². The van der Waals surface area contributed by atoms with E-state index in [4.69, 9.17) is 18.9 Å². The Kier molecular flexibility index (Phi) is 10.8. The Morgan fingerprint density at radius 3 is 1.71 bits per heavy atom. The Morgan fingerprint density at radius 1 is 0.857 bits per heavy atom. The van der Waals surface area contributed by atoms with Crippen LogP contribution in [0.1, 0.15) is 33.6 Å². The maximum Gasteiger partial charge on any atom is 0.163 e. The Balaban J connectivity index is 3.44. The van der Waals surface area contributed by atoms with Gasteiger partial charge in [-0.15, -0.1) is 0 Å². The summed E-state index contributed by atoms with van der Waals surface area (Å²) in [4.78, 5) is 0. The number of hydrogen-bond donors (Lipinski definition) is 0. The van der Waals surface area contributed by atoms with Gasteiger partial charge in [0.2, 0.25) is 0 Å². The van der Waals surface area contributed by atoms with E-state index in [-0.39, 0.29) is 19.9 Å². The highest BCUT2D eigenvalue weighted by molar-refractivity contribution is 4.40. The minimum absolute atomic E-state index is 0.210. The molecule has 0 N–H and O–H groups in total. The summed E-state index contributed by atoms with van der Waals surface area (Å²) in [5, 5.41) is 0. The summed E-state index contributed by atoms with van der Waals surface area (Å²) in [6.07, 6.45) is 1.67. The summed E-state index contributed by atoms with van der Waals surface area (Å²) in [6, 6.07) is 0. The lowest BCUT2D eigenvalue weighted by Gasteiger charge is -2.17. The first-order chi connectivity index (χ1) is 6.85. The Bertz CT molecular complexity index is 98.3. The van der Waals surface area contributed by atoms with Gasteiger partial charge in [-0.3, -0.25) is 0 Å². The standard InChI is InChI=1S/C10H22O4/c1-4-7-10(13-8-11-5-2)14-9-12-6-3/h10H,4-9H2,1-3H3. The van der Waals surface area contributed by atoms with Gasteiger partial charge in [0.05, 0.1) is 0 Å². The van der Waals surface area contributed by atoms with Crippen LogP contribution in [0.3, 0.4) is 0 Å². The Labute approximate surface area is 86.5 Å². The first kappa shape index (κ1) is 13.8. The van der Waals surface area contributed by atoms with E-state index < -0.39 is 0 Å². The summed E-state index contributed by atoms with van der Waals surface area (Å²) in [5.74, 6) is 0. The molecule has 0 unspecified atom stereocenters. The fourth-order valence-electron chi connectivity index (χ4n) is 0.865. The molecule has 0 atom stereocenters. The Morgan fingerprint density at radius 2 is 1.36 bits per heavy atom. The van der Waals surface area contributed by atoms with E-state index in [1.54, 1.807) is 0 Å². The molecule has 0 bridgehead atoms. The second-order valence-corrected chi connectivity index (χ2v) is 2.77. The van der Waals surface area contributed by atoms with Gasteiger partial charge in [0.25, 0.3) is 0 Å². The van der Waals surface area contributed by atoms with Crippen LogP contribution in [0.5, 0.6) is 0 Å². The number of ether oxygens (including phenoxy) is 4. The molecule has 0 saturated carbocycles. The van der Waals surface area contributed by atoms with Crippen LogP contribution in [0.4, 0.5) is 0 Å². The van der Waals surface area contributed by atoms with Gasteiger partial charge in [0.15, 0.2) is 6.29 Å². The third-order valence-corrected chi connectivity index (χ3v) is 1.61. The zero-order valence-electron chi connectivity index (χ0n) is 9.45. The van der Waals surface area contributed by atoms with Gasteiger partial charge < -0.3 is 18.9 Å². The molecule has 4 nitrogen and oxygen atoms in total. The molecule has 0 fully saturated rings. The smallest absolute Gasteiger partial charge is 0.163 e. The maximum atomic E-state index is 5.35. The molecule has 0 saturated heterocycles. The van der Waals surface area contributed by atoms with Gasteiger partial charge in [-0.2, -0.15) is 0 Å². The highest BCUT2D eigenvalue weighted by Gasteiger charge is 2.07.